The molecule has 0 aromatic rings. The zero-order valence-electron chi connectivity index (χ0n) is 10.8. The van der Waals surface area contributed by atoms with Crippen LogP contribution in [0.15, 0.2) is 0 Å². The lowest BCUT2D eigenvalue weighted by atomic mass is 10.1. The van der Waals surface area contributed by atoms with Crippen LogP contribution in [0.1, 0.15) is 26.7 Å². The SMILES string of the molecule is CCCC(CNC)N1CCN(C)C(C)C1. The second-order valence-corrected chi connectivity index (χ2v) is 4.82. The summed E-state index contributed by atoms with van der Waals surface area (Å²) in [5, 5.41) is 3.32. The van der Waals surface area contributed by atoms with Crippen molar-refractivity contribution in [2.24, 2.45) is 0 Å². The van der Waals surface area contributed by atoms with Crippen molar-refractivity contribution in [2.45, 2.75) is 38.8 Å². The smallest absolute Gasteiger partial charge is 0.0221 e. The van der Waals surface area contributed by atoms with Gasteiger partial charge in [-0.1, -0.05) is 13.3 Å². The Balaban J connectivity index is 2.45. The maximum atomic E-state index is 3.32. The van der Waals surface area contributed by atoms with Crippen molar-refractivity contribution in [1.82, 2.24) is 15.1 Å². The van der Waals surface area contributed by atoms with E-state index in [0.29, 0.717) is 6.04 Å². The highest BCUT2D eigenvalue weighted by Gasteiger charge is 2.25. The van der Waals surface area contributed by atoms with Gasteiger partial charge in [-0.3, -0.25) is 4.90 Å². The van der Waals surface area contributed by atoms with Crippen molar-refractivity contribution >= 4 is 0 Å². The second-order valence-electron chi connectivity index (χ2n) is 4.82. The largest absolute Gasteiger partial charge is 0.318 e. The van der Waals surface area contributed by atoms with Crippen LogP contribution in [0, 0.1) is 0 Å². The van der Waals surface area contributed by atoms with E-state index in [2.05, 4.69) is 43.1 Å². The fourth-order valence-corrected chi connectivity index (χ4v) is 2.39. The maximum absolute atomic E-state index is 3.32. The molecule has 0 radical (unpaired) electrons. The zero-order valence-corrected chi connectivity index (χ0v) is 10.8. The van der Waals surface area contributed by atoms with E-state index in [0.717, 1.165) is 12.6 Å². The fourth-order valence-electron chi connectivity index (χ4n) is 2.39. The molecule has 2 unspecified atom stereocenters. The molecule has 15 heavy (non-hydrogen) atoms. The Kier molecular flexibility index (Phi) is 5.58. The van der Waals surface area contributed by atoms with Crippen molar-refractivity contribution in [3.8, 4) is 0 Å². The molecule has 1 fully saturated rings. The molecule has 90 valence electrons. The molecule has 1 heterocycles. The van der Waals surface area contributed by atoms with Crippen LogP contribution in [0.4, 0.5) is 0 Å². The van der Waals surface area contributed by atoms with Crippen molar-refractivity contribution in [3.05, 3.63) is 0 Å². The van der Waals surface area contributed by atoms with Gasteiger partial charge < -0.3 is 10.2 Å². The van der Waals surface area contributed by atoms with Gasteiger partial charge in [0.1, 0.15) is 0 Å². The Bertz CT molecular complexity index is 166. The molecule has 0 spiro atoms. The van der Waals surface area contributed by atoms with Gasteiger partial charge in [0, 0.05) is 38.3 Å². The van der Waals surface area contributed by atoms with Crippen molar-refractivity contribution in [1.29, 1.82) is 0 Å². The van der Waals surface area contributed by atoms with E-state index in [1.807, 2.05) is 0 Å². The molecule has 0 amide bonds. The Hall–Kier alpha value is -0.120. The molecule has 2 atom stereocenters. The van der Waals surface area contributed by atoms with E-state index in [1.165, 1.54) is 32.5 Å². The van der Waals surface area contributed by atoms with Crippen molar-refractivity contribution in [2.75, 3.05) is 40.3 Å². The van der Waals surface area contributed by atoms with Gasteiger partial charge in [0.2, 0.25) is 0 Å². The highest BCUT2D eigenvalue weighted by molar-refractivity contribution is 4.82. The monoisotopic (exact) mass is 213 g/mol. The summed E-state index contributed by atoms with van der Waals surface area (Å²) in [5.41, 5.74) is 0. The molecule has 1 aliphatic rings. The molecular formula is C12H27N3. The normalized spacial score (nSPS) is 26.8. The number of hydrogen-bond acceptors (Lipinski definition) is 3. The van der Waals surface area contributed by atoms with E-state index >= 15 is 0 Å². The molecule has 0 bridgehead atoms. The molecule has 0 aromatic heterocycles. The minimum absolute atomic E-state index is 0.704. The Morgan fingerprint density at radius 3 is 2.67 bits per heavy atom. The van der Waals surface area contributed by atoms with Crippen LogP contribution in [0.2, 0.25) is 0 Å². The van der Waals surface area contributed by atoms with Crippen LogP contribution < -0.4 is 5.32 Å². The van der Waals surface area contributed by atoms with Crippen LogP contribution in [-0.4, -0.2) is 62.2 Å². The maximum Gasteiger partial charge on any atom is 0.0221 e. The first-order valence-electron chi connectivity index (χ1n) is 6.28. The number of hydrogen-bond donors (Lipinski definition) is 1. The van der Waals surface area contributed by atoms with Gasteiger partial charge in [-0.05, 0) is 27.4 Å². The third-order valence-electron chi connectivity index (χ3n) is 3.57. The van der Waals surface area contributed by atoms with E-state index < -0.39 is 0 Å². The lowest BCUT2D eigenvalue weighted by Gasteiger charge is -2.41. The molecule has 0 saturated carbocycles. The highest BCUT2D eigenvalue weighted by Crippen LogP contribution is 2.13. The van der Waals surface area contributed by atoms with Crippen molar-refractivity contribution in [3.63, 3.8) is 0 Å². The molecule has 1 N–H and O–H groups in total. The van der Waals surface area contributed by atoms with Crippen molar-refractivity contribution < 1.29 is 0 Å². The lowest BCUT2D eigenvalue weighted by molar-refractivity contribution is 0.0686. The lowest BCUT2D eigenvalue weighted by Crippen LogP contribution is -2.55. The average Bonchev–Trinajstić information content (AvgIpc) is 2.22. The first kappa shape index (κ1) is 12.9. The summed E-state index contributed by atoms with van der Waals surface area (Å²) in [6, 6.07) is 1.44. The van der Waals surface area contributed by atoms with Crippen LogP contribution >= 0.6 is 0 Å². The molecule has 1 aliphatic heterocycles. The highest BCUT2D eigenvalue weighted by atomic mass is 15.3. The number of nitrogens with zero attached hydrogens (tertiary/aromatic N) is 2. The Labute approximate surface area is 94.8 Å². The molecule has 1 rings (SSSR count). The van der Waals surface area contributed by atoms with E-state index in [1.54, 1.807) is 0 Å². The van der Waals surface area contributed by atoms with E-state index in [-0.39, 0.29) is 0 Å². The predicted octanol–water partition coefficient (Wildman–Crippen LogP) is 1.01. The number of nitrogens with one attached hydrogen (secondary N) is 1. The summed E-state index contributed by atoms with van der Waals surface area (Å²) in [6.45, 7) is 9.40. The minimum atomic E-state index is 0.704. The standard InChI is InChI=1S/C12H27N3/c1-5-6-12(9-13-3)15-8-7-14(4)11(2)10-15/h11-13H,5-10H2,1-4H3. The van der Waals surface area contributed by atoms with Gasteiger partial charge >= 0.3 is 0 Å². The topological polar surface area (TPSA) is 18.5 Å². The number of rotatable bonds is 5. The van der Waals surface area contributed by atoms with Gasteiger partial charge in [0.25, 0.3) is 0 Å². The first-order chi connectivity index (χ1) is 7.19. The van der Waals surface area contributed by atoms with Gasteiger partial charge in [0.05, 0.1) is 0 Å². The number of piperazine rings is 1. The number of likely N-dealkylation sites (N-methyl/N-ethyl adjacent to an activating group) is 2. The van der Waals surface area contributed by atoms with Crippen LogP contribution in [-0.2, 0) is 0 Å². The van der Waals surface area contributed by atoms with Crippen LogP contribution in [0.25, 0.3) is 0 Å². The van der Waals surface area contributed by atoms with Crippen LogP contribution in [0.3, 0.4) is 0 Å². The molecule has 1 saturated heterocycles. The average molecular weight is 213 g/mol. The molecule has 0 aromatic carbocycles. The third kappa shape index (κ3) is 3.74. The summed E-state index contributed by atoms with van der Waals surface area (Å²) in [7, 11) is 4.29. The van der Waals surface area contributed by atoms with Crippen LogP contribution in [0.5, 0.6) is 0 Å². The summed E-state index contributed by atoms with van der Waals surface area (Å²) >= 11 is 0. The van der Waals surface area contributed by atoms with Gasteiger partial charge in [-0.2, -0.15) is 0 Å². The van der Waals surface area contributed by atoms with Gasteiger partial charge in [0.15, 0.2) is 0 Å². The molecule has 3 nitrogen and oxygen atoms in total. The molecular weight excluding hydrogens is 186 g/mol. The summed E-state index contributed by atoms with van der Waals surface area (Å²) in [6.07, 6.45) is 2.60. The first-order valence-corrected chi connectivity index (χ1v) is 6.28. The Morgan fingerprint density at radius 2 is 2.13 bits per heavy atom. The predicted molar refractivity (Wildman–Crippen MR) is 66.3 cm³/mol. The van der Waals surface area contributed by atoms with Gasteiger partial charge in [-0.15, -0.1) is 0 Å². The third-order valence-corrected chi connectivity index (χ3v) is 3.57. The summed E-state index contributed by atoms with van der Waals surface area (Å²) < 4.78 is 0. The van der Waals surface area contributed by atoms with Gasteiger partial charge in [-0.25, -0.2) is 0 Å². The summed E-state index contributed by atoms with van der Waals surface area (Å²) in [4.78, 5) is 5.11. The molecule has 0 aliphatic carbocycles. The second kappa shape index (κ2) is 6.46. The van der Waals surface area contributed by atoms with E-state index in [9.17, 15) is 0 Å². The molecule has 3 heteroatoms. The van der Waals surface area contributed by atoms with E-state index in [4.69, 9.17) is 0 Å². The minimum Gasteiger partial charge on any atom is -0.318 e. The zero-order chi connectivity index (χ0) is 11.3. The summed E-state index contributed by atoms with van der Waals surface area (Å²) in [5.74, 6) is 0. The Morgan fingerprint density at radius 1 is 1.40 bits per heavy atom. The quantitative estimate of drug-likeness (QED) is 0.735. The fraction of sp³-hybridized carbons (Fsp3) is 1.00.